The number of para-hydroxylation sites is 1. The molecule has 1 aliphatic carbocycles. The molecule has 1 aromatic heterocycles. The molecule has 0 saturated heterocycles. The van der Waals surface area contributed by atoms with Gasteiger partial charge in [-0.05, 0) is 48.9 Å². The Kier molecular flexibility index (Phi) is 6.82. The standard InChI is InChI=1S/C27H32FN3O2/c1-18(2)25-24(17-30(16-20-13-14-20)26(32)19(3)4)27(33-23-12-8-9-21(28)15-23)31(29-25)22-10-6-5-7-11-22/h5-12,15,18-20H,13-14,16-17H2,1-4H3. The van der Waals surface area contributed by atoms with Crippen molar-refractivity contribution in [3.63, 3.8) is 0 Å². The number of amides is 1. The highest BCUT2D eigenvalue weighted by Gasteiger charge is 2.31. The molecule has 0 spiro atoms. The summed E-state index contributed by atoms with van der Waals surface area (Å²) in [5, 5.41) is 4.91. The van der Waals surface area contributed by atoms with E-state index in [1.807, 2.05) is 49.1 Å². The SMILES string of the molecule is CC(C)C(=O)N(Cc1c(C(C)C)nn(-c2ccccc2)c1Oc1cccc(F)c1)CC1CC1. The molecule has 0 atom stereocenters. The molecule has 0 unspecified atom stereocenters. The number of aromatic nitrogens is 2. The van der Waals surface area contributed by atoms with Gasteiger partial charge in [-0.25, -0.2) is 9.07 Å². The largest absolute Gasteiger partial charge is 0.438 e. The van der Waals surface area contributed by atoms with Crippen molar-refractivity contribution in [2.24, 2.45) is 11.8 Å². The lowest BCUT2D eigenvalue weighted by Crippen LogP contribution is -2.35. The van der Waals surface area contributed by atoms with E-state index in [1.165, 1.54) is 12.1 Å². The first-order chi connectivity index (χ1) is 15.8. The zero-order valence-electron chi connectivity index (χ0n) is 19.8. The summed E-state index contributed by atoms with van der Waals surface area (Å²) < 4.78 is 22.0. The van der Waals surface area contributed by atoms with Crippen LogP contribution in [0.15, 0.2) is 54.6 Å². The second kappa shape index (κ2) is 9.77. The van der Waals surface area contributed by atoms with Crippen LogP contribution >= 0.6 is 0 Å². The van der Waals surface area contributed by atoms with Gasteiger partial charge in [0.25, 0.3) is 0 Å². The molecule has 0 radical (unpaired) electrons. The zero-order chi connectivity index (χ0) is 23.5. The van der Waals surface area contributed by atoms with Crippen molar-refractivity contribution in [2.75, 3.05) is 6.54 Å². The van der Waals surface area contributed by atoms with Crippen LogP contribution in [-0.4, -0.2) is 27.1 Å². The van der Waals surface area contributed by atoms with Gasteiger partial charge in [-0.3, -0.25) is 4.79 Å². The summed E-state index contributed by atoms with van der Waals surface area (Å²) >= 11 is 0. The van der Waals surface area contributed by atoms with Gasteiger partial charge in [0.15, 0.2) is 0 Å². The molecule has 4 rings (SSSR count). The number of carbonyl (C=O) groups is 1. The Balaban J connectivity index is 1.82. The summed E-state index contributed by atoms with van der Waals surface area (Å²) in [6, 6.07) is 15.9. The lowest BCUT2D eigenvalue weighted by atomic mass is 10.0. The van der Waals surface area contributed by atoms with Gasteiger partial charge in [0.05, 0.1) is 23.5 Å². The summed E-state index contributed by atoms with van der Waals surface area (Å²) in [6.07, 6.45) is 2.32. The molecule has 6 heteroatoms. The first kappa shape index (κ1) is 23.0. The minimum Gasteiger partial charge on any atom is -0.438 e. The van der Waals surface area contributed by atoms with Crippen LogP contribution in [0.2, 0.25) is 0 Å². The lowest BCUT2D eigenvalue weighted by Gasteiger charge is -2.25. The minimum absolute atomic E-state index is 0.0944. The van der Waals surface area contributed by atoms with E-state index >= 15 is 0 Å². The van der Waals surface area contributed by atoms with Gasteiger partial charge in [-0.1, -0.05) is 52.0 Å². The lowest BCUT2D eigenvalue weighted by molar-refractivity contribution is -0.135. The predicted molar refractivity (Wildman–Crippen MR) is 127 cm³/mol. The summed E-state index contributed by atoms with van der Waals surface area (Å²) in [7, 11) is 0. The molecule has 174 valence electrons. The molecule has 0 aliphatic heterocycles. The van der Waals surface area contributed by atoms with Crippen molar-refractivity contribution in [3.05, 3.63) is 71.7 Å². The first-order valence-electron chi connectivity index (χ1n) is 11.7. The van der Waals surface area contributed by atoms with Crippen LogP contribution in [0.25, 0.3) is 5.69 Å². The zero-order valence-corrected chi connectivity index (χ0v) is 19.8. The Morgan fingerprint density at radius 3 is 2.45 bits per heavy atom. The van der Waals surface area contributed by atoms with Gasteiger partial charge in [-0.15, -0.1) is 0 Å². The van der Waals surface area contributed by atoms with E-state index in [-0.39, 0.29) is 23.6 Å². The Bertz CT molecular complexity index is 1100. The van der Waals surface area contributed by atoms with E-state index in [2.05, 4.69) is 13.8 Å². The normalized spacial score (nSPS) is 13.5. The monoisotopic (exact) mass is 449 g/mol. The third kappa shape index (κ3) is 5.44. The van der Waals surface area contributed by atoms with Crippen LogP contribution in [0, 0.1) is 17.7 Å². The summed E-state index contributed by atoms with van der Waals surface area (Å²) in [5.74, 6) is 1.27. The van der Waals surface area contributed by atoms with Gasteiger partial charge < -0.3 is 9.64 Å². The molecular formula is C27H32FN3O2. The number of halogens is 1. The fourth-order valence-electron chi connectivity index (χ4n) is 3.96. The van der Waals surface area contributed by atoms with Crippen LogP contribution in [0.4, 0.5) is 4.39 Å². The Hall–Kier alpha value is -3.15. The highest BCUT2D eigenvalue weighted by Crippen LogP contribution is 2.37. The third-order valence-corrected chi connectivity index (χ3v) is 5.86. The minimum atomic E-state index is -0.366. The topological polar surface area (TPSA) is 47.4 Å². The maximum absolute atomic E-state index is 13.9. The first-order valence-corrected chi connectivity index (χ1v) is 11.7. The van der Waals surface area contributed by atoms with Gasteiger partial charge >= 0.3 is 0 Å². The van der Waals surface area contributed by atoms with Crippen molar-refractivity contribution in [1.29, 1.82) is 0 Å². The van der Waals surface area contributed by atoms with E-state index in [0.717, 1.165) is 36.3 Å². The number of rotatable bonds is 9. The van der Waals surface area contributed by atoms with E-state index in [0.29, 0.717) is 24.1 Å². The second-order valence-corrected chi connectivity index (χ2v) is 9.45. The molecule has 1 amide bonds. The maximum atomic E-state index is 13.9. The van der Waals surface area contributed by atoms with Crippen LogP contribution in [0.5, 0.6) is 11.6 Å². The molecule has 1 aliphatic rings. The number of benzene rings is 2. The van der Waals surface area contributed by atoms with Gasteiger partial charge in [0.2, 0.25) is 11.8 Å². The highest BCUT2D eigenvalue weighted by molar-refractivity contribution is 5.78. The van der Waals surface area contributed by atoms with Crippen LogP contribution < -0.4 is 4.74 Å². The number of nitrogens with zero attached hydrogens (tertiary/aromatic N) is 3. The van der Waals surface area contributed by atoms with Crippen molar-refractivity contribution in [2.45, 2.75) is 53.0 Å². The Morgan fingerprint density at radius 1 is 1.12 bits per heavy atom. The third-order valence-electron chi connectivity index (χ3n) is 5.86. The molecule has 1 heterocycles. The number of hydrogen-bond donors (Lipinski definition) is 0. The summed E-state index contributed by atoms with van der Waals surface area (Å²) in [5.41, 5.74) is 2.59. The predicted octanol–water partition coefficient (Wildman–Crippen LogP) is 6.32. The van der Waals surface area contributed by atoms with Crippen molar-refractivity contribution >= 4 is 5.91 Å². The fourth-order valence-corrected chi connectivity index (χ4v) is 3.96. The van der Waals surface area contributed by atoms with E-state index in [9.17, 15) is 9.18 Å². The highest BCUT2D eigenvalue weighted by atomic mass is 19.1. The molecule has 5 nitrogen and oxygen atoms in total. The van der Waals surface area contributed by atoms with E-state index < -0.39 is 0 Å². The van der Waals surface area contributed by atoms with Crippen molar-refractivity contribution < 1.29 is 13.9 Å². The van der Waals surface area contributed by atoms with Gasteiger partial charge in [0, 0.05) is 18.5 Å². The molecule has 1 saturated carbocycles. The second-order valence-electron chi connectivity index (χ2n) is 9.45. The molecule has 1 fully saturated rings. The van der Waals surface area contributed by atoms with Crippen molar-refractivity contribution in [3.8, 4) is 17.3 Å². The quantitative estimate of drug-likeness (QED) is 0.384. The molecule has 3 aromatic rings. The van der Waals surface area contributed by atoms with E-state index in [4.69, 9.17) is 9.84 Å². The number of hydrogen-bond acceptors (Lipinski definition) is 3. The number of carbonyl (C=O) groups excluding carboxylic acids is 1. The molecule has 2 aromatic carbocycles. The Morgan fingerprint density at radius 2 is 1.85 bits per heavy atom. The summed E-state index contributed by atoms with van der Waals surface area (Å²) in [6.45, 7) is 9.19. The molecule has 33 heavy (non-hydrogen) atoms. The summed E-state index contributed by atoms with van der Waals surface area (Å²) in [4.78, 5) is 15.0. The Labute approximate surface area is 195 Å². The van der Waals surface area contributed by atoms with E-state index in [1.54, 1.807) is 16.8 Å². The molecular weight excluding hydrogens is 417 g/mol. The van der Waals surface area contributed by atoms with Crippen LogP contribution in [0.1, 0.15) is 57.7 Å². The molecule has 0 bridgehead atoms. The average Bonchev–Trinajstić information content (AvgIpc) is 3.54. The average molecular weight is 450 g/mol. The van der Waals surface area contributed by atoms with Crippen molar-refractivity contribution in [1.82, 2.24) is 14.7 Å². The smallest absolute Gasteiger partial charge is 0.227 e. The number of ether oxygens (including phenoxy) is 1. The van der Waals surface area contributed by atoms with Crippen LogP contribution in [0.3, 0.4) is 0 Å². The molecule has 0 N–H and O–H groups in total. The maximum Gasteiger partial charge on any atom is 0.227 e. The van der Waals surface area contributed by atoms with Crippen LogP contribution in [-0.2, 0) is 11.3 Å². The van der Waals surface area contributed by atoms with Gasteiger partial charge in [0.1, 0.15) is 11.6 Å². The van der Waals surface area contributed by atoms with Gasteiger partial charge in [-0.2, -0.15) is 5.10 Å². The fraction of sp³-hybridized carbons (Fsp3) is 0.407.